The van der Waals surface area contributed by atoms with Gasteiger partial charge in [0.25, 0.3) is 0 Å². The van der Waals surface area contributed by atoms with E-state index in [9.17, 15) is 4.79 Å². The molecule has 0 amide bonds. The van der Waals surface area contributed by atoms with Crippen molar-refractivity contribution in [1.29, 1.82) is 0 Å². The van der Waals surface area contributed by atoms with Crippen LogP contribution in [0.4, 0.5) is 0 Å². The van der Waals surface area contributed by atoms with Crippen LogP contribution in [0, 0.1) is 0 Å². The van der Waals surface area contributed by atoms with Gasteiger partial charge >= 0.3 is 5.97 Å². The Kier molecular flexibility index (Phi) is 6.30. The maximum atomic E-state index is 11.2. The predicted octanol–water partition coefficient (Wildman–Crippen LogP) is 3.77. The Morgan fingerprint density at radius 2 is 2.05 bits per heavy atom. The number of benzene rings is 1. The average Bonchev–Trinajstić information content (AvgIpc) is 2.43. The van der Waals surface area contributed by atoms with Gasteiger partial charge in [-0.1, -0.05) is 43.5 Å². The highest BCUT2D eigenvalue weighted by atomic mass is 16.5. The molecule has 0 aliphatic carbocycles. The normalized spacial score (nSPS) is 11.2. The highest BCUT2D eigenvalue weighted by Gasteiger charge is 2.18. The summed E-state index contributed by atoms with van der Waals surface area (Å²) in [6.07, 6.45) is 5.19. The van der Waals surface area contributed by atoms with Crippen molar-refractivity contribution in [3.8, 4) is 5.75 Å². The molecular formula is C17H20O3. The number of para-hydroxylation sites is 1. The molecule has 1 unspecified atom stereocenters. The van der Waals surface area contributed by atoms with Crippen LogP contribution in [0.2, 0.25) is 0 Å². The third kappa shape index (κ3) is 4.12. The number of carbonyl (C=O) groups excluding carboxylic acids is 1. The van der Waals surface area contributed by atoms with Gasteiger partial charge in [-0.2, -0.15) is 0 Å². The molecule has 0 saturated carbocycles. The first-order chi connectivity index (χ1) is 9.63. The lowest BCUT2D eigenvalue weighted by atomic mass is 10.0. The zero-order chi connectivity index (χ0) is 15.0. The fraction of sp³-hybridized carbons (Fsp3) is 0.235. The molecule has 0 radical (unpaired) electrons. The standard InChI is InChI=1S/C17H20O3/c1-5-9-14-10-8-11-15(17(14)19-12-6-2)16(7-3)20-13(4)18/h5-8,10-11,16H,1-3,9,12H2,4H3. The molecule has 3 heteroatoms. The molecule has 0 saturated heterocycles. The van der Waals surface area contributed by atoms with Crippen molar-refractivity contribution in [2.75, 3.05) is 6.61 Å². The van der Waals surface area contributed by atoms with Crippen LogP contribution in [0.3, 0.4) is 0 Å². The minimum atomic E-state index is -0.530. The van der Waals surface area contributed by atoms with Gasteiger partial charge in [0, 0.05) is 12.5 Å². The van der Waals surface area contributed by atoms with Crippen LogP contribution in [0.15, 0.2) is 56.2 Å². The van der Waals surface area contributed by atoms with E-state index in [2.05, 4.69) is 19.7 Å². The maximum absolute atomic E-state index is 11.2. The van der Waals surface area contributed by atoms with Crippen LogP contribution < -0.4 is 4.74 Å². The highest BCUT2D eigenvalue weighted by Crippen LogP contribution is 2.32. The fourth-order valence-corrected chi connectivity index (χ4v) is 1.88. The Hall–Kier alpha value is -2.29. The molecule has 0 aromatic heterocycles. The van der Waals surface area contributed by atoms with Crippen molar-refractivity contribution < 1.29 is 14.3 Å². The molecule has 1 atom stereocenters. The molecule has 20 heavy (non-hydrogen) atoms. The van der Waals surface area contributed by atoms with Crippen molar-refractivity contribution in [3.63, 3.8) is 0 Å². The summed E-state index contributed by atoms with van der Waals surface area (Å²) < 4.78 is 11.0. The molecule has 106 valence electrons. The number of rotatable bonds is 8. The minimum absolute atomic E-state index is 0.362. The molecule has 0 aliphatic rings. The van der Waals surface area contributed by atoms with Crippen LogP contribution in [0.5, 0.6) is 5.75 Å². The number of esters is 1. The molecular weight excluding hydrogens is 252 g/mol. The van der Waals surface area contributed by atoms with Gasteiger partial charge in [0.05, 0.1) is 0 Å². The van der Waals surface area contributed by atoms with Crippen molar-refractivity contribution in [1.82, 2.24) is 0 Å². The van der Waals surface area contributed by atoms with E-state index in [0.717, 1.165) is 11.1 Å². The Balaban J connectivity index is 3.23. The van der Waals surface area contributed by atoms with Crippen LogP contribution in [0.1, 0.15) is 24.2 Å². The topological polar surface area (TPSA) is 35.5 Å². The Morgan fingerprint density at radius 1 is 1.30 bits per heavy atom. The van der Waals surface area contributed by atoms with E-state index in [1.165, 1.54) is 6.92 Å². The van der Waals surface area contributed by atoms with Crippen LogP contribution in [-0.2, 0) is 16.0 Å². The first-order valence-electron chi connectivity index (χ1n) is 6.40. The molecule has 1 aromatic carbocycles. The molecule has 0 spiro atoms. The number of carbonyl (C=O) groups is 1. The van der Waals surface area contributed by atoms with Crippen molar-refractivity contribution in [2.24, 2.45) is 0 Å². The summed E-state index contributed by atoms with van der Waals surface area (Å²) in [5, 5.41) is 0. The van der Waals surface area contributed by atoms with Gasteiger partial charge in [0.2, 0.25) is 0 Å². The monoisotopic (exact) mass is 272 g/mol. The Morgan fingerprint density at radius 3 is 2.60 bits per heavy atom. The summed E-state index contributed by atoms with van der Waals surface area (Å²) in [4.78, 5) is 11.2. The third-order valence-corrected chi connectivity index (χ3v) is 2.65. The maximum Gasteiger partial charge on any atom is 0.303 e. The zero-order valence-corrected chi connectivity index (χ0v) is 11.8. The van der Waals surface area contributed by atoms with Gasteiger partial charge in [0.1, 0.15) is 18.5 Å². The molecule has 0 N–H and O–H groups in total. The molecule has 0 bridgehead atoms. The van der Waals surface area contributed by atoms with E-state index >= 15 is 0 Å². The summed E-state index contributed by atoms with van der Waals surface area (Å²) in [5.41, 5.74) is 1.76. The quantitative estimate of drug-likeness (QED) is 0.534. The Bertz CT molecular complexity index is 503. The van der Waals surface area contributed by atoms with Gasteiger partial charge in [0.15, 0.2) is 0 Å². The van der Waals surface area contributed by atoms with Crippen molar-refractivity contribution >= 4 is 5.97 Å². The molecule has 0 fully saturated rings. The van der Waals surface area contributed by atoms with Crippen LogP contribution in [-0.4, -0.2) is 12.6 Å². The largest absolute Gasteiger partial charge is 0.489 e. The van der Waals surface area contributed by atoms with Gasteiger partial charge in [-0.05, 0) is 18.1 Å². The smallest absolute Gasteiger partial charge is 0.303 e. The fourth-order valence-electron chi connectivity index (χ4n) is 1.88. The van der Waals surface area contributed by atoms with Gasteiger partial charge in [-0.15, -0.1) is 6.58 Å². The zero-order valence-electron chi connectivity index (χ0n) is 11.8. The number of hydrogen-bond donors (Lipinski definition) is 0. The average molecular weight is 272 g/mol. The number of allylic oxidation sites excluding steroid dienone is 1. The van der Waals surface area contributed by atoms with E-state index in [1.54, 1.807) is 18.2 Å². The summed E-state index contributed by atoms with van der Waals surface area (Å²) in [5.74, 6) is 0.331. The predicted molar refractivity (Wildman–Crippen MR) is 80.7 cm³/mol. The molecule has 1 aromatic rings. The van der Waals surface area contributed by atoms with Crippen LogP contribution >= 0.6 is 0 Å². The second-order valence-corrected chi connectivity index (χ2v) is 4.19. The number of hydrogen-bond acceptors (Lipinski definition) is 3. The lowest BCUT2D eigenvalue weighted by Crippen LogP contribution is -2.09. The van der Waals surface area contributed by atoms with Gasteiger partial charge in [-0.25, -0.2) is 0 Å². The van der Waals surface area contributed by atoms with E-state index in [-0.39, 0.29) is 5.97 Å². The van der Waals surface area contributed by atoms with Crippen LogP contribution in [0.25, 0.3) is 0 Å². The minimum Gasteiger partial charge on any atom is -0.489 e. The second kappa shape index (κ2) is 8.00. The lowest BCUT2D eigenvalue weighted by Gasteiger charge is -2.19. The van der Waals surface area contributed by atoms with E-state index in [0.29, 0.717) is 18.8 Å². The van der Waals surface area contributed by atoms with Gasteiger partial charge < -0.3 is 9.47 Å². The first-order valence-corrected chi connectivity index (χ1v) is 6.40. The highest BCUT2D eigenvalue weighted by molar-refractivity contribution is 5.67. The lowest BCUT2D eigenvalue weighted by molar-refractivity contribution is -0.144. The molecule has 0 aliphatic heterocycles. The summed E-state index contributed by atoms with van der Waals surface area (Å²) >= 11 is 0. The summed E-state index contributed by atoms with van der Waals surface area (Å²) in [6.45, 7) is 12.8. The second-order valence-electron chi connectivity index (χ2n) is 4.19. The third-order valence-electron chi connectivity index (χ3n) is 2.65. The first kappa shape index (κ1) is 15.8. The van der Waals surface area contributed by atoms with Crippen molar-refractivity contribution in [3.05, 3.63) is 67.3 Å². The molecule has 3 nitrogen and oxygen atoms in total. The molecule has 0 heterocycles. The van der Waals surface area contributed by atoms with E-state index in [4.69, 9.17) is 9.47 Å². The Labute approximate surface area is 120 Å². The van der Waals surface area contributed by atoms with E-state index in [1.807, 2.05) is 18.2 Å². The van der Waals surface area contributed by atoms with Crippen molar-refractivity contribution in [2.45, 2.75) is 19.4 Å². The van der Waals surface area contributed by atoms with Gasteiger partial charge in [-0.3, -0.25) is 4.79 Å². The summed E-state index contributed by atoms with van der Waals surface area (Å²) in [7, 11) is 0. The molecule has 1 rings (SSSR count). The SMILES string of the molecule is C=CCOc1c(CC=C)cccc1C(C=C)OC(C)=O. The number of ether oxygens (including phenoxy) is 2. The summed E-state index contributed by atoms with van der Waals surface area (Å²) in [6, 6.07) is 5.72. The van der Waals surface area contributed by atoms with E-state index < -0.39 is 6.10 Å².